The highest BCUT2D eigenvalue weighted by Crippen LogP contribution is 2.30. The van der Waals surface area contributed by atoms with Crippen LogP contribution in [0.2, 0.25) is 0 Å². The van der Waals surface area contributed by atoms with E-state index in [0.29, 0.717) is 36.4 Å². The van der Waals surface area contributed by atoms with E-state index in [1.165, 1.54) is 0 Å². The summed E-state index contributed by atoms with van der Waals surface area (Å²) in [7, 11) is 1.61. The zero-order valence-electron chi connectivity index (χ0n) is 15.3. The smallest absolute Gasteiger partial charge is 0.246 e. The zero-order valence-corrected chi connectivity index (χ0v) is 15.3. The third kappa shape index (κ3) is 4.06. The number of methoxy groups -OCH3 is 1. The summed E-state index contributed by atoms with van der Waals surface area (Å²) in [5.74, 6) is 2.75. The van der Waals surface area contributed by atoms with Crippen molar-refractivity contribution >= 4 is 5.91 Å². The molecule has 1 aliphatic heterocycles. The lowest BCUT2D eigenvalue weighted by Crippen LogP contribution is -2.24. The molecule has 8 heteroatoms. The number of amides is 1. The molecule has 144 valence electrons. The molecule has 1 aromatic heterocycles. The number of hydrogen-bond donors (Lipinski definition) is 1. The number of rotatable bonds is 6. The number of aromatic nitrogens is 2. The molecule has 0 spiro atoms. The maximum atomic E-state index is 12.2. The minimum Gasteiger partial charge on any atom is -0.497 e. The molecule has 0 saturated heterocycles. The van der Waals surface area contributed by atoms with Crippen LogP contribution in [0.3, 0.4) is 0 Å². The SMILES string of the molecule is COc1ccc(-c2noc(CNC(=O)Cc3ccc4c(c3)OCCO4)n2)cc1. The molecule has 4 rings (SSSR count). The first kappa shape index (κ1) is 17.8. The van der Waals surface area contributed by atoms with Crippen molar-refractivity contribution in [3.8, 4) is 28.6 Å². The van der Waals surface area contributed by atoms with E-state index in [4.69, 9.17) is 18.7 Å². The van der Waals surface area contributed by atoms with Crippen LogP contribution in [0.5, 0.6) is 17.2 Å². The average Bonchev–Trinajstić information content (AvgIpc) is 3.21. The van der Waals surface area contributed by atoms with E-state index in [1.54, 1.807) is 7.11 Å². The lowest BCUT2D eigenvalue weighted by atomic mass is 10.1. The van der Waals surface area contributed by atoms with Crippen molar-refractivity contribution in [2.45, 2.75) is 13.0 Å². The summed E-state index contributed by atoms with van der Waals surface area (Å²) in [5, 5.41) is 6.73. The van der Waals surface area contributed by atoms with Crippen LogP contribution >= 0.6 is 0 Å². The predicted molar refractivity (Wildman–Crippen MR) is 99.3 cm³/mol. The fourth-order valence-electron chi connectivity index (χ4n) is 2.80. The van der Waals surface area contributed by atoms with Crippen molar-refractivity contribution in [1.82, 2.24) is 15.5 Å². The first-order valence-electron chi connectivity index (χ1n) is 8.83. The summed E-state index contributed by atoms with van der Waals surface area (Å²) in [5.41, 5.74) is 1.64. The van der Waals surface area contributed by atoms with Crippen LogP contribution in [-0.4, -0.2) is 36.4 Å². The molecule has 0 atom stereocenters. The number of ether oxygens (including phenoxy) is 3. The third-order valence-electron chi connectivity index (χ3n) is 4.22. The number of nitrogens with zero attached hydrogens (tertiary/aromatic N) is 2. The lowest BCUT2D eigenvalue weighted by Gasteiger charge is -2.18. The summed E-state index contributed by atoms with van der Waals surface area (Å²) in [4.78, 5) is 16.5. The van der Waals surface area contributed by atoms with E-state index in [9.17, 15) is 4.79 Å². The molecule has 1 amide bonds. The minimum atomic E-state index is -0.152. The standard InChI is InChI=1S/C20H19N3O5/c1-25-15-5-3-14(4-6-15)20-22-19(28-23-20)12-21-18(24)11-13-2-7-16-17(10-13)27-9-8-26-16/h2-7,10H,8-9,11-12H2,1H3,(H,21,24). The quantitative estimate of drug-likeness (QED) is 0.700. The predicted octanol–water partition coefficient (Wildman–Crippen LogP) is 2.38. The van der Waals surface area contributed by atoms with Crippen LogP contribution in [0.4, 0.5) is 0 Å². The van der Waals surface area contributed by atoms with Crippen molar-refractivity contribution < 1.29 is 23.5 Å². The average molecular weight is 381 g/mol. The van der Waals surface area contributed by atoms with Gasteiger partial charge in [-0.05, 0) is 42.0 Å². The molecular weight excluding hydrogens is 362 g/mol. The van der Waals surface area contributed by atoms with Crippen molar-refractivity contribution in [2.24, 2.45) is 0 Å². The van der Waals surface area contributed by atoms with Crippen molar-refractivity contribution in [2.75, 3.05) is 20.3 Å². The summed E-state index contributed by atoms with van der Waals surface area (Å²) >= 11 is 0. The van der Waals surface area contributed by atoms with Crippen molar-refractivity contribution in [3.63, 3.8) is 0 Å². The highest BCUT2D eigenvalue weighted by atomic mass is 16.6. The number of carbonyl (C=O) groups excluding carboxylic acids is 1. The van der Waals surface area contributed by atoms with E-state index in [-0.39, 0.29) is 18.9 Å². The summed E-state index contributed by atoms with van der Waals surface area (Å²) < 4.78 is 21.4. The second-order valence-electron chi connectivity index (χ2n) is 6.17. The summed E-state index contributed by atoms with van der Waals surface area (Å²) in [6.45, 7) is 1.21. The van der Waals surface area contributed by atoms with Gasteiger partial charge in [-0.1, -0.05) is 11.2 Å². The maximum Gasteiger partial charge on any atom is 0.246 e. The van der Waals surface area contributed by atoms with E-state index in [2.05, 4.69) is 15.5 Å². The van der Waals surface area contributed by atoms with Crippen molar-refractivity contribution in [1.29, 1.82) is 0 Å². The number of nitrogens with one attached hydrogen (secondary N) is 1. The number of carbonyl (C=O) groups is 1. The Morgan fingerprint density at radius 2 is 1.89 bits per heavy atom. The molecule has 8 nitrogen and oxygen atoms in total. The first-order valence-corrected chi connectivity index (χ1v) is 8.83. The Kier molecular flexibility index (Phi) is 5.09. The van der Waals surface area contributed by atoms with E-state index in [1.807, 2.05) is 42.5 Å². The van der Waals surface area contributed by atoms with Gasteiger partial charge in [-0.3, -0.25) is 4.79 Å². The first-order chi connectivity index (χ1) is 13.7. The molecule has 28 heavy (non-hydrogen) atoms. The van der Waals surface area contributed by atoms with E-state index in [0.717, 1.165) is 16.9 Å². The van der Waals surface area contributed by atoms with Gasteiger partial charge in [0.1, 0.15) is 19.0 Å². The number of benzene rings is 2. The van der Waals surface area contributed by atoms with Gasteiger partial charge in [-0.2, -0.15) is 4.98 Å². The highest BCUT2D eigenvalue weighted by Gasteiger charge is 2.14. The largest absolute Gasteiger partial charge is 0.497 e. The molecule has 1 aliphatic rings. The van der Waals surface area contributed by atoms with Crippen LogP contribution in [0, 0.1) is 0 Å². The zero-order chi connectivity index (χ0) is 19.3. The molecule has 2 aromatic carbocycles. The van der Waals surface area contributed by atoms with Crippen LogP contribution in [0.15, 0.2) is 47.0 Å². The van der Waals surface area contributed by atoms with Crippen LogP contribution in [-0.2, 0) is 17.8 Å². The van der Waals surface area contributed by atoms with Crippen LogP contribution in [0.1, 0.15) is 11.5 Å². The second kappa shape index (κ2) is 7.99. The van der Waals surface area contributed by atoms with Gasteiger partial charge in [0.25, 0.3) is 0 Å². The molecule has 0 radical (unpaired) electrons. The molecule has 0 bridgehead atoms. The minimum absolute atomic E-state index is 0.152. The molecule has 0 fully saturated rings. The fourth-order valence-corrected chi connectivity index (χ4v) is 2.80. The number of fused-ring (bicyclic) bond motifs is 1. The van der Waals surface area contributed by atoms with Crippen LogP contribution < -0.4 is 19.5 Å². The Hall–Kier alpha value is -3.55. The Bertz CT molecular complexity index is 968. The van der Waals surface area contributed by atoms with E-state index < -0.39 is 0 Å². The fraction of sp³-hybridized carbons (Fsp3) is 0.250. The van der Waals surface area contributed by atoms with Crippen LogP contribution in [0.25, 0.3) is 11.4 Å². The van der Waals surface area contributed by atoms with Gasteiger partial charge in [-0.25, -0.2) is 0 Å². The highest BCUT2D eigenvalue weighted by molar-refractivity contribution is 5.78. The molecule has 3 aromatic rings. The normalized spacial score (nSPS) is 12.5. The molecule has 1 N–H and O–H groups in total. The second-order valence-corrected chi connectivity index (χ2v) is 6.17. The van der Waals surface area contributed by atoms with Gasteiger partial charge in [-0.15, -0.1) is 0 Å². The van der Waals surface area contributed by atoms with E-state index >= 15 is 0 Å². The Balaban J connectivity index is 1.33. The molecule has 0 saturated carbocycles. The molecule has 0 aliphatic carbocycles. The van der Waals surface area contributed by atoms with Gasteiger partial charge < -0.3 is 24.1 Å². The molecular formula is C20H19N3O5. The van der Waals surface area contributed by atoms with Gasteiger partial charge in [0.2, 0.25) is 17.6 Å². The van der Waals surface area contributed by atoms with Gasteiger partial charge in [0, 0.05) is 5.56 Å². The van der Waals surface area contributed by atoms with Crippen molar-refractivity contribution in [3.05, 3.63) is 53.9 Å². The summed E-state index contributed by atoms with van der Waals surface area (Å²) in [6, 6.07) is 12.8. The van der Waals surface area contributed by atoms with Gasteiger partial charge >= 0.3 is 0 Å². The summed E-state index contributed by atoms with van der Waals surface area (Å²) in [6.07, 6.45) is 0.218. The molecule has 2 heterocycles. The molecule has 0 unspecified atom stereocenters. The Morgan fingerprint density at radius 1 is 1.11 bits per heavy atom. The maximum absolute atomic E-state index is 12.2. The third-order valence-corrected chi connectivity index (χ3v) is 4.22. The lowest BCUT2D eigenvalue weighted by molar-refractivity contribution is -0.120. The Labute approximate surface area is 161 Å². The van der Waals surface area contributed by atoms with Gasteiger partial charge in [0.15, 0.2) is 11.5 Å². The van der Waals surface area contributed by atoms with Gasteiger partial charge in [0.05, 0.1) is 20.1 Å². The monoisotopic (exact) mass is 381 g/mol. The number of hydrogen-bond acceptors (Lipinski definition) is 7. The Morgan fingerprint density at radius 3 is 2.68 bits per heavy atom. The topological polar surface area (TPSA) is 95.7 Å².